The third-order valence-corrected chi connectivity index (χ3v) is 5.21. The van der Waals surface area contributed by atoms with Crippen molar-refractivity contribution in [3.63, 3.8) is 0 Å². The molecule has 250 valence electrons. The Morgan fingerprint density at radius 2 is 0.667 bits per heavy atom. The maximum absolute atomic E-state index is 11.4. The van der Waals surface area contributed by atoms with Gasteiger partial charge in [0.2, 0.25) is 0 Å². The van der Waals surface area contributed by atoms with Crippen LogP contribution >= 0.6 is 0 Å². The summed E-state index contributed by atoms with van der Waals surface area (Å²) in [6.45, 7) is 12.9. The summed E-state index contributed by atoms with van der Waals surface area (Å²) >= 11 is 0. The second-order valence-electron chi connectivity index (χ2n) is 8.74. The Morgan fingerprint density at radius 1 is 0.357 bits per heavy atom. The highest BCUT2D eigenvalue weighted by Gasteiger charge is 2.02. The van der Waals surface area contributed by atoms with E-state index in [1.807, 2.05) is 0 Å². The van der Waals surface area contributed by atoms with Gasteiger partial charge in [-0.2, -0.15) is 0 Å². The number of carbonyl (C=O) groups is 2. The summed E-state index contributed by atoms with van der Waals surface area (Å²) in [4.78, 5) is 22.6. The van der Waals surface area contributed by atoms with E-state index in [2.05, 4.69) is 6.92 Å². The molecule has 0 unspecified atom stereocenters. The first-order chi connectivity index (χ1) is 20.7. The summed E-state index contributed by atoms with van der Waals surface area (Å²) in [5.41, 5.74) is 0. The Morgan fingerprint density at radius 3 is 1.00 bits per heavy atom. The normalized spacial score (nSPS) is 11.2. The fourth-order valence-corrected chi connectivity index (χ4v) is 3.06. The largest absolute Gasteiger partial charge is 0.466 e. The lowest BCUT2D eigenvalue weighted by atomic mass is 10.2. The van der Waals surface area contributed by atoms with Crippen LogP contribution in [0.1, 0.15) is 46.0 Å². The second kappa shape index (κ2) is 35.8. The van der Waals surface area contributed by atoms with E-state index in [-0.39, 0.29) is 25.0 Å². The van der Waals surface area contributed by atoms with Crippen molar-refractivity contribution in [3.8, 4) is 0 Å². The van der Waals surface area contributed by atoms with Crippen LogP contribution in [0.4, 0.5) is 0 Å². The molecule has 0 saturated carbocycles. The van der Waals surface area contributed by atoms with E-state index in [9.17, 15) is 9.59 Å². The highest BCUT2D eigenvalue weighted by Crippen LogP contribution is 2.00. The molecule has 0 N–H and O–H groups in total. The van der Waals surface area contributed by atoms with Gasteiger partial charge in [-0.25, -0.2) is 0 Å². The molecule has 13 nitrogen and oxygen atoms in total. The fourth-order valence-electron chi connectivity index (χ4n) is 3.06. The molecule has 0 aromatic rings. The molecule has 13 heteroatoms. The SMILES string of the molecule is CCCCCC(=O)OCCOCCOCCOCCOCCOCCOCCOCCOCCOCCC(=O)OCC. The van der Waals surface area contributed by atoms with Gasteiger partial charge in [-0.3, -0.25) is 9.59 Å². The number of hydrogen-bond donors (Lipinski definition) is 0. The van der Waals surface area contributed by atoms with Crippen molar-refractivity contribution < 1.29 is 61.7 Å². The zero-order valence-corrected chi connectivity index (χ0v) is 26.0. The second-order valence-corrected chi connectivity index (χ2v) is 8.74. The molecule has 0 atom stereocenters. The molecule has 0 saturated heterocycles. The van der Waals surface area contributed by atoms with Crippen LogP contribution in [-0.2, 0) is 61.7 Å². The van der Waals surface area contributed by atoms with E-state index in [1.165, 1.54) is 0 Å². The molecule has 0 aliphatic carbocycles. The highest BCUT2D eigenvalue weighted by atomic mass is 16.6. The minimum absolute atomic E-state index is 0.162. The van der Waals surface area contributed by atoms with Crippen LogP contribution in [-0.4, -0.2) is 144 Å². The maximum atomic E-state index is 11.4. The van der Waals surface area contributed by atoms with Gasteiger partial charge in [-0.15, -0.1) is 0 Å². The average molecular weight is 613 g/mol. The van der Waals surface area contributed by atoms with Crippen LogP contribution in [0, 0.1) is 0 Å². The van der Waals surface area contributed by atoms with Crippen molar-refractivity contribution in [2.45, 2.75) is 46.0 Å². The van der Waals surface area contributed by atoms with E-state index >= 15 is 0 Å². The molecule has 0 spiro atoms. The Balaban J connectivity index is 3.09. The van der Waals surface area contributed by atoms with Crippen LogP contribution in [0.2, 0.25) is 0 Å². The van der Waals surface area contributed by atoms with Gasteiger partial charge in [0.15, 0.2) is 0 Å². The molecule has 0 aliphatic rings. The maximum Gasteiger partial charge on any atom is 0.308 e. The first kappa shape index (κ1) is 40.6. The van der Waals surface area contributed by atoms with Crippen LogP contribution in [0.5, 0.6) is 0 Å². The first-order valence-electron chi connectivity index (χ1n) is 15.2. The number of hydrogen-bond acceptors (Lipinski definition) is 13. The van der Waals surface area contributed by atoms with E-state index in [1.54, 1.807) is 6.92 Å². The summed E-state index contributed by atoms with van der Waals surface area (Å²) in [5.74, 6) is -0.415. The zero-order valence-electron chi connectivity index (χ0n) is 26.0. The third kappa shape index (κ3) is 34.8. The van der Waals surface area contributed by atoms with E-state index in [0.717, 1.165) is 19.3 Å². The molecule has 42 heavy (non-hydrogen) atoms. The van der Waals surface area contributed by atoms with E-state index in [4.69, 9.17) is 52.1 Å². The molecular weight excluding hydrogens is 556 g/mol. The molecule has 0 rings (SSSR count). The summed E-state index contributed by atoms with van der Waals surface area (Å²) in [7, 11) is 0. The van der Waals surface area contributed by atoms with Gasteiger partial charge in [-0.1, -0.05) is 19.8 Å². The van der Waals surface area contributed by atoms with Crippen LogP contribution in [0.25, 0.3) is 0 Å². The van der Waals surface area contributed by atoms with Gasteiger partial charge in [0, 0.05) is 6.42 Å². The van der Waals surface area contributed by atoms with Gasteiger partial charge < -0.3 is 52.1 Å². The van der Waals surface area contributed by atoms with Crippen molar-refractivity contribution in [1.29, 1.82) is 0 Å². The van der Waals surface area contributed by atoms with Gasteiger partial charge in [0.1, 0.15) is 6.61 Å². The summed E-state index contributed by atoms with van der Waals surface area (Å²) < 4.78 is 58.6. The highest BCUT2D eigenvalue weighted by molar-refractivity contribution is 5.69. The first-order valence-corrected chi connectivity index (χ1v) is 15.2. The predicted octanol–water partition coefficient (Wildman–Crippen LogP) is 2.21. The van der Waals surface area contributed by atoms with Crippen LogP contribution < -0.4 is 0 Å². The molecular formula is C29H56O13. The van der Waals surface area contributed by atoms with Crippen molar-refractivity contribution >= 4 is 11.9 Å². The lowest BCUT2D eigenvalue weighted by Crippen LogP contribution is -2.15. The molecule has 0 amide bonds. The van der Waals surface area contributed by atoms with Gasteiger partial charge >= 0.3 is 11.9 Å². The van der Waals surface area contributed by atoms with Crippen molar-refractivity contribution in [1.82, 2.24) is 0 Å². The molecule has 0 radical (unpaired) electrons. The molecule has 0 aromatic carbocycles. The fraction of sp³-hybridized carbons (Fsp3) is 0.931. The lowest BCUT2D eigenvalue weighted by Gasteiger charge is -2.09. The number of unbranched alkanes of at least 4 members (excludes halogenated alkanes) is 2. The Hall–Kier alpha value is -1.42. The molecule has 0 heterocycles. The van der Waals surface area contributed by atoms with Crippen molar-refractivity contribution in [3.05, 3.63) is 0 Å². The van der Waals surface area contributed by atoms with E-state index in [0.29, 0.717) is 132 Å². The van der Waals surface area contributed by atoms with Crippen LogP contribution in [0.15, 0.2) is 0 Å². The molecule has 0 aromatic heterocycles. The summed E-state index contributed by atoms with van der Waals surface area (Å²) in [5, 5.41) is 0. The summed E-state index contributed by atoms with van der Waals surface area (Å²) in [6.07, 6.45) is 3.74. The van der Waals surface area contributed by atoms with E-state index < -0.39 is 0 Å². The molecule has 0 fully saturated rings. The monoisotopic (exact) mass is 612 g/mol. The molecule has 0 bridgehead atoms. The smallest absolute Gasteiger partial charge is 0.308 e. The minimum Gasteiger partial charge on any atom is -0.466 e. The topological polar surface area (TPSA) is 136 Å². The van der Waals surface area contributed by atoms with Gasteiger partial charge in [0.25, 0.3) is 0 Å². The minimum atomic E-state index is -0.253. The Kier molecular flexibility index (Phi) is 34.6. The lowest BCUT2D eigenvalue weighted by molar-refractivity contribution is -0.146. The Labute approximate surface area is 252 Å². The number of ether oxygens (including phenoxy) is 11. The number of rotatable bonds is 35. The van der Waals surface area contributed by atoms with Crippen molar-refractivity contribution in [2.24, 2.45) is 0 Å². The number of carbonyl (C=O) groups excluding carboxylic acids is 2. The van der Waals surface area contributed by atoms with Crippen molar-refractivity contribution in [2.75, 3.05) is 132 Å². The molecule has 0 aliphatic heterocycles. The standard InChI is InChI=1S/C29H56O13/c1-3-5-6-7-28(30)42-27-26-40-25-24-39-23-22-38-21-20-37-19-18-36-17-16-35-15-14-34-13-12-33-11-10-32-9-8-29(31)41-4-2/h3-27H2,1-2H3. The van der Waals surface area contributed by atoms with Gasteiger partial charge in [0.05, 0.1) is 132 Å². The zero-order chi connectivity index (χ0) is 30.6. The van der Waals surface area contributed by atoms with Gasteiger partial charge in [-0.05, 0) is 13.3 Å². The predicted molar refractivity (Wildman–Crippen MR) is 154 cm³/mol. The average Bonchev–Trinajstić information content (AvgIpc) is 2.98. The third-order valence-electron chi connectivity index (χ3n) is 5.21. The van der Waals surface area contributed by atoms with Crippen LogP contribution in [0.3, 0.4) is 0 Å². The quantitative estimate of drug-likeness (QED) is 0.0765. The Bertz CT molecular complexity index is 566. The summed E-state index contributed by atoms with van der Waals surface area (Å²) in [6, 6.07) is 0. The number of esters is 2.